The summed E-state index contributed by atoms with van der Waals surface area (Å²) >= 11 is 0. The van der Waals surface area contributed by atoms with Crippen LogP contribution in [0.2, 0.25) is 0 Å². The molecule has 0 unspecified atom stereocenters. The molecule has 1 N–H and O–H groups in total. The van der Waals surface area contributed by atoms with Crippen molar-refractivity contribution in [3.63, 3.8) is 0 Å². The second-order valence-electron chi connectivity index (χ2n) is 10.2. The van der Waals surface area contributed by atoms with Crippen molar-refractivity contribution in [1.82, 2.24) is 0 Å². The molecule has 4 aliphatic rings. The second-order valence-corrected chi connectivity index (χ2v) is 12.6. The molecule has 0 saturated heterocycles. The average molecular weight is 445 g/mol. The van der Waals surface area contributed by atoms with E-state index in [-0.39, 0.29) is 24.4 Å². The van der Waals surface area contributed by atoms with Crippen molar-refractivity contribution >= 4 is 7.74 Å². The average Bonchev–Trinajstić information content (AvgIpc) is 2.76. The van der Waals surface area contributed by atoms with E-state index < -0.39 is 7.74 Å². The van der Waals surface area contributed by atoms with Gasteiger partial charge in [0.15, 0.2) is 0 Å². The van der Waals surface area contributed by atoms with Crippen molar-refractivity contribution in [2.24, 2.45) is 0 Å². The Balaban J connectivity index is 1.58. The minimum atomic E-state index is -4.65. The van der Waals surface area contributed by atoms with E-state index in [1.54, 1.807) is 0 Å². The fraction of sp³-hybridized carbons (Fsp3) is 1.00. The van der Waals surface area contributed by atoms with Crippen LogP contribution in [0.4, 0.5) is 0 Å². The third-order valence-corrected chi connectivity index (χ3v) is 10.1. The van der Waals surface area contributed by atoms with Crippen molar-refractivity contribution in [1.29, 1.82) is 0 Å². The Morgan fingerprint density at radius 3 is 0.767 bits per heavy atom. The Morgan fingerprint density at radius 2 is 0.567 bits per heavy atom. The van der Waals surface area contributed by atoms with Crippen LogP contribution in [0.1, 0.15) is 128 Å². The van der Waals surface area contributed by atoms with Crippen molar-refractivity contribution in [3.05, 3.63) is 0 Å². The first kappa shape index (κ1) is 23.4. The molecule has 0 aromatic rings. The summed E-state index contributed by atoms with van der Waals surface area (Å²) in [5.74, 6) is 0. The molecular weight excluding hydrogens is 399 g/mol. The monoisotopic (exact) mass is 444 g/mol. The molecule has 0 aromatic heterocycles. The quantitative estimate of drug-likeness (QED) is 0.393. The zero-order valence-electron chi connectivity index (χ0n) is 19.0. The first-order valence-corrected chi connectivity index (χ1v) is 15.0. The van der Waals surface area contributed by atoms with Gasteiger partial charge in [0, 0.05) is 0 Å². The number of rotatable bonds is 8. The fourth-order valence-corrected chi connectivity index (χ4v) is 8.96. The maximum absolute atomic E-state index is 12.4. The van der Waals surface area contributed by atoms with Gasteiger partial charge in [-0.2, -0.15) is 0 Å². The van der Waals surface area contributed by atoms with Gasteiger partial charge in [-0.3, -0.25) is 0 Å². The molecule has 0 aromatic carbocycles. The molecule has 4 aliphatic carbocycles. The second kappa shape index (κ2) is 10.9. The third kappa shape index (κ3) is 6.62. The van der Waals surface area contributed by atoms with Crippen molar-refractivity contribution in [2.45, 2.75) is 153 Å². The predicted octanol–water partition coefficient (Wildman–Crippen LogP) is 7.50. The van der Waals surface area contributed by atoms with Crippen molar-refractivity contribution in [3.8, 4) is 0 Å². The Hall–Kier alpha value is 0.230. The summed E-state index contributed by atoms with van der Waals surface area (Å²) in [5, 5.41) is 0. The van der Waals surface area contributed by atoms with E-state index in [0.29, 0.717) is 0 Å². The van der Waals surface area contributed by atoms with E-state index in [2.05, 4.69) is 0 Å². The van der Waals surface area contributed by atoms with Gasteiger partial charge >= 0.3 is 184 Å². The van der Waals surface area contributed by atoms with Crippen LogP contribution >= 0.6 is 7.74 Å². The van der Waals surface area contributed by atoms with Gasteiger partial charge < -0.3 is 0 Å². The van der Waals surface area contributed by atoms with Crippen LogP contribution in [0, 0.1) is 0 Å². The molecule has 0 radical (unpaired) electrons. The molecular formula is C24H45O5P. The van der Waals surface area contributed by atoms with Gasteiger partial charge in [-0.25, -0.2) is 0 Å². The van der Waals surface area contributed by atoms with Crippen LogP contribution in [0.3, 0.4) is 0 Å². The predicted molar refractivity (Wildman–Crippen MR) is 121 cm³/mol. The van der Waals surface area contributed by atoms with Crippen molar-refractivity contribution in [2.75, 3.05) is 0 Å². The summed E-state index contributed by atoms with van der Waals surface area (Å²) in [4.78, 5) is 12.4. The number of hydrogen-bond acceptors (Lipinski definition) is 5. The molecule has 0 aliphatic heterocycles. The zero-order chi connectivity index (χ0) is 20.7. The Morgan fingerprint density at radius 1 is 0.367 bits per heavy atom. The standard InChI is InChI=1S/C24H45O5P/c25-30(26-21-13-5-1-6-14-21,27-22-15-7-2-8-16-22,28-23-17-9-3-10-18-23)29-24-19-11-4-12-20-24/h21-25H,1-20H2. The van der Waals surface area contributed by atoms with E-state index >= 15 is 0 Å². The summed E-state index contributed by atoms with van der Waals surface area (Å²) in [6, 6.07) is 0. The first-order chi connectivity index (χ1) is 14.6. The van der Waals surface area contributed by atoms with Crippen LogP contribution in [-0.4, -0.2) is 29.3 Å². The molecule has 0 bridgehead atoms. The van der Waals surface area contributed by atoms with Gasteiger partial charge in [-0.05, 0) is 0 Å². The Labute approximate surface area is 183 Å². The number of hydrogen-bond donors (Lipinski definition) is 1. The summed E-state index contributed by atoms with van der Waals surface area (Å²) < 4.78 is 26.4. The van der Waals surface area contributed by atoms with Gasteiger partial charge in [-0.15, -0.1) is 0 Å². The molecule has 0 amide bonds. The normalized spacial score (nSPS) is 28.2. The van der Waals surface area contributed by atoms with Gasteiger partial charge in [0.1, 0.15) is 0 Å². The molecule has 6 heteroatoms. The fourth-order valence-electron chi connectivity index (χ4n) is 5.83. The van der Waals surface area contributed by atoms with E-state index in [0.717, 1.165) is 103 Å². The van der Waals surface area contributed by atoms with Crippen molar-refractivity contribution < 1.29 is 23.0 Å². The summed E-state index contributed by atoms with van der Waals surface area (Å²) in [5.41, 5.74) is 0. The SMILES string of the molecule is OP(OC1CCCCC1)(OC1CCCCC1)(OC1CCCCC1)OC1CCCCC1. The Kier molecular flexibility index (Phi) is 8.50. The minimum absolute atomic E-state index is 0.0165. The molecule has 4 saturated carbocycles. The van der Waals surface area contributed by atoms with E-state index in [1.165, 1.54) is 25.7 Å². The topological polar surface area (TPSA) is 57.2 Å². The first-order valence-electron chi connectivity index (χ1n) is 13.1. The van der Waals surface area contributed by atoms with E-state index in [1.807, 2.05) is 0 Å². The Bertz CT molecular complexity index is 414. The van der Waals surface area contributed by atoms with Gasteiger partial charge in [0.25, 0.3) is 0 Å². The summed E-state index contributed by atoms with van der Waals surface area (Å²) in [6.45, 7) is 0. The van der Waals surface area contributed by atoms with Crippen LogP contribution < -0.4 is 0 Å². The van der Waals surface area contributed by atoms with Crippen LogP contribution in [0.25, 0.3) is 0 Å². The van der Waals surface area contributed by atoms with Gasteiger partial charge in [-0.1, -0.05) is 0 Å². The zero-order valence-corrected chi connectivity index (χ0v) is 19.9. The van der Waals surface area contributed by atoms with Gasteiger partial charge in [0.2, 0.25) is 0 Å². The maximum atomic E-state index is 12.4. The molecule has 176 valence electrons. The molecule has 30 heavy (non-hydrogen) atoms. The third-order valence-electron chi connectivity index (χ3n) is 7.51. The molecule has 4 rings (SSSR count). The molecule has 0 atom stereocenters. The van der Waals surface area contributed by atoms with Crippen LogP contribution in [-0.2, 0) is 18.1 Å². The van der Waals surface area contributed by atoms with E-state index in [4.69, 9.17) is 18.1 Å². The van der Waals surface area contributed by atoms with E-state index in [9.17, 15) is 4.89 Å². The molecule has 0 heterocycles. The van der Waals surface area contributed by atoms with Gasteiger partial charge in [0.05, 0.1) is 0 Å². The summed E-state index contributed by atoms with van der Waals surface area (Å²) in [7, 11) is -4.65. The van der Waals surface area contributed by atoms with Crippen LogP contribution in [0.5, 0.6) is 0 Å². The molecule has 4 fully saturated rings. The summed E-state index contributed by atoms with van der Waals surface area (Å²) in [6.07, 6.45) is 21.8. The molecule has 0 spiro atoms. The molecule has 5 nitrogen and oxygen atoms in total. The van der Waals surface area contributed by atoms with Crippen LogP contribution in [0.15, 0.2) is 0 Å².